The molecule has 0 aliphatic heterocycles. The maximum Gasteiger partial charge on any atom is 0.248 e. The molecule has 0 aliphatic rings. The van der Waals surface area contributed by atoms with Crippen LogP contribution in [-0.4, -0.2) is 22.3 Å². The van der Waals surface area contributed by atoms with E-state index in [1.165, 1.54) is 0 Å². The number of halogens is 2. The Hall–Kier alpha value is -0.660. The summed E-state index contributed by atoms with van der Waals surface area (Å²) in [5.74, 6) is 1.15. The minimum absolute atomic E-state index is 0.0885. The Balaban J connectivity index is 2.07. The fourth-order valence-corrected chi connectivity index (χ4v) is 2.41. The van der Waals surface area contributed by atoms with Crippen LogP contribution >= 0.6 is 34.2 Å². The quantitative estimate of drug-likeness (QED) is 0.783. The third kappa shape index (κ3) is 4.43. The molecule has 0 saturated carbocycles. The summed E-state index contributed by atoms with van der Waals surface area (Å²) in [7, 11) is 0. The average molecular weight is 406 g/mol. The molecule has 0 amide bonds. The lowest BCUT2D eigenvalue weighted by atomic mass is 10.1. The molecular weight excluding hydrogens is 389 g/mol. The SMILES string of the molecule is CC(C)(C)NCCc1nnc(-c2cc(Cl)ccc2I)o1. The molecule has 0 unspecified atom stereocenters. The second-order valence-corrected chi connectivity index (χ2v) is 7.15. The van der Waals surface area contributed by atoms with Crippen molar-refractivity contribution < 1.29 is 4.42 Å². The van der Waals surface area contributed by atoms with Crippen LogP contribution in [0.1, 0.15) is 26.7 Å². The van der Waals surface area contributed by atoms with Crippen molar-refractivity contribution in [2.45, 2.75) is 32.7 Å². The van der Waals surface area contributed by atoms with Crippen molar-refractivity contribution in [1.82, 2.24) is 15.5 Å². The number of benzene rings is 1. The summed E-state index contributed by atoms with van der Waals surface area (Å²) < 4.78 is 6.73. The Morgan fingerprint density at radius 3 is 2.75 bits per heavy atom. The first-order valence-electron chi connectivity index (χ1n) is 6.38. The van der Waals surface area contributed by atoms with Crippen molar-refractivity contribution in [3.8, 4) is 11.5 Å². The van der Waals surface area contributed by atoms with E-state index in [-0.39, 0.29) is 5.54 Å². The van der Waals surface area contributed by atoms with Gasteiger partial charge in [-0.2, -0.15) is 0 Å². The normalized spacial score (nSPS) is 11.8. The largest absolute Gasteiger partial charge is 0.421 e. The highest BCUT2D eigenvalue weighted by atomic mass is 127. The van der Waals surface area contributed by atoms with Crippen molar-refractivity contribution in [3.05, 3.63) is 32.7 Å². The molecule has 0 saturated heterocycles. The van der Waals surface area contributed by atoms with Crippen molar-refractivity contribution in [2.24, 2.45) is 0 Å². The van der Waals surface area contributed by atoms with Crippen LogP contribution in [0.4, 0.5) is 0 Å². The molecule has 0 aliphatic carbocycles. The van der Waals surface area contributed by atoms with E-state index < -0.39 is 0 Å². The number of hydrogen-bond acceptors (Lipinski definition) is 4. The molecule has 0 radical (unpaired) electrons. The highest BCUT2D eigenvalue weighted by Crippen LogP contribution is 2.27. The second kappa shape index (κ2) is 6.41. The van der Waals surface area contributed by atoms with Gasteiger partial charge in [-0.25, -0.2) is 0 Å². The lowest BCUT2D eigenvalue weighted by Crippen LogP contribution is -2.37. The van der Waals surface area contributed by atoms with Gasteiger partial charge in [0.25, 0.3) is 0 Å². The summed E-state index contributed by atoms with van der Waals surface area (Å²) in [5.41, 5.74) is 0.964. The minimum Gasteiger partial charge on any atom is -0.421 e. The van der Waals surface area contributed by atoms with E-state index >= 15 is 0 Å². The maximum atomic E-state index is 6.00. The van der Waals surface area contributed by atoms with Crippen LogP contribution in [0.15, 0.2) is 22.6 Å². The number of nitrogens with one attached hydrogen (secondary N) is 1. The van der Waals surface area contributed by atoms with Crippen molar-refractivity contribution in [2.75, 3.05) is 6.54 Å². The maximum absolute atomic E-state index is 6.00. The highest BCUT2D eigenvalue weighted by molar-refractivity contribution is 14.1. The molecular formula is C14H17ClIN3O. The molecule has 4 nitrogen and oxygen atoms in total. The Kier molecular flexibility index (Phi) is 5.04. The number of nitrogens with zero attached hydrogens (tertiary/aromatic N) is 2. The lowest BCUT2D eigenvalue weighted by Gasteiger charge is -2.19. The van der Waals surface area contributed by atoms with Crippen molar-refractivity contribution in [1.29, 1.82) is 0 Å². The summed E-state index contributed by atoms with van der Waals surface area (Å²) in [6.45, 7) is 7.18. The first kappa shape index (κ1) is 15.7. The van der Waals surface area contributed by atoms with Crippen molar-refractivity contribution in [3.63, 3.8) is 0 Å². The van der Waals surface area contributed by atoms with Gasteiger partial charge in [-0.3, -0.25) is 0 Å². The molecule has 108 valence electrons. The lowest BCUT2D eigenvalue weighted by molar-refractivity contribution is 0.412. The van der Waals surface area contributed by atoms with Crippen LogP contribution in [0.25, 0.3) is 11.5 Å². The topological polar surface area (TPSA) is 51.0 Å². The van der Waals surface area contributed by atoms with Crippen LogP contribution in [0, 0.1) is 3.57 Å². The van der Waals surface area contributed by atoms with Crippen LogP contribution < -0.4 is 5.32 Å². The second-order valence-electron chi connectivity index (χ2n) is 5.55. The third-order valence-corrected chi connectivity index (χ3v) is 3.80. The average Bonchev–Trinajstić information content (AvgIpc) is 2.79. The number of aromatic nitrogens is 2. The van der Waals surface area contributed by atoms with Gasteiger partial charge in [-0.1, -0.05) is 11.6 Å². The fourth-order valence-electron chi connectivity index (χ4n) is 1.67. The Morgan fingerprint density at radius 2 is 2.05 bits per heavy atom. The van der Waals surface area contributed by atoms with Crippen LogP contribution in [0.2, 0.25) is 5.02 Å². The summed E-state index contributed by atoms with van der Waals surface area (Å²) in [5, 5.41) is 12.2. The molecule has 1 aromatic carbocycles. The van der Waals surface area contributed by atoms with Crippen LogP contribution in [0.5, 0.6) is 0 Å². The third-order valence-electron chi connectivity index (χ3n) is 2.62. The zero-order valence-electron chi connectivity index (χ0n) is 11.7. The van der Waals surface area contributed by atoms with E-state index in [0.717, 1.165) is 15.7 Å². The van der Waals surface area contributed by atoms with Crippen LogP contribution in [0.3, 0.4) is 0 Å². The van der Waals surface area contributed by atoms with E-state index in [2.05, 4.69) is 58.9 Å². The Labute approximate surface area is 137 Å². The highest BCUT2D eigenvalue weighted by Gasteiger charge is 2.13. The van der Waals surface area contributed by atoms with E-state index in [9.17, 15) is 0 Å². The fraction of sp³-hybridized carbons (Fsp3) is 0.429. The molecule has 0 bridgehead atoms. The zero-order valence-corrected chi connectivity index (χ0v) is 14.6. The van der Waals surface area contributed by atoms with Crippen molar-refractivity contribution >= 4 is 34.2 Å². The first-order valence-corrected chi connectivity index (χ1v) is 7.84. The van der Waals surface area contributed by atoms with E-state index in [0.29, 0.717) is 23.2 Å². The van der Waals surface area contributed by atoms with Gasteiger partial charge in [-0.15, -0.1) is 10.2 Å². The molecule has 0 spiro atoms. The zero-order chi connectivity index (χ0) is 14.8. The summed E-state index contributed by atoms with van der Waals surface area (Å²) >= 11 is 8.23. The van der Waals surface area contributed by atoms with Gasteiger partial charge in [-0.05, 0) is 61.6 Å². The predicted molar refractivity (Wildman–Crippen MR) is 88.9 cm³/mol. The molecule has 2 aromatic rings. The minimum atomic E-state index is 0.0885. The summed E-state index contributed by atoms with van der Waals surface area (Å²) in [6.07, 6.45) is 0.710. The van der Waals surface area contributed by atoms with Gasteiger partial charge in [0.15, 0.2) is 0 Å². The first-order chi connectivity index (χ1) is 9.35. The summed E-state index contributed by atoms with van der Waals surface area (Å²) in [6, 6.07) is 5.62. The molecule has 1 aromatic heterocycles. The predicted octanol–water partition coefficient (Wildman–Crippen LogP) is 3.93. The van der Waals surface area contributed by atoms with Gasteiger partial charge < -0.3 is 9.73 Å². The standard InChI is InChI=1S/C14H17ClIN3O/c1-14(2,3)17-7-6-12-18-19-13(20-12)10-8-9(15)4-5-11(10)16/h4-5,8,17H,6-7H2,1-3H3. The van der Waals surface area contributed by atoms with E-state index in [1.54, 1.807) is 0 Å². The van der Waals surface area contributed by atoms with Gasteiger partial charge in [0, 0.05) is 27.1 Å². The molecule has 0 fully saturated rings. The van der Waals surface area contributed by atoms with E-state index in [4.69, 9.17) is 16.0 Å². The Bertz CT molecular complexity index is 592. The molecule has 6 heteroatoms. The van der Waals surface area contributed by atoms with Gasteiger partial charge in [0.1, 0.15) is 0 Å². The van der Waals surface area contributed by atoms with Gasteiger partial charge in [0.2, 0.25) is 11.8 Å². The van der Waals surface area contributed by atoms with Gasteiger partial charge >= 0.3 is 0 Å². The number of rotatable bonds is 4. The smallest absolute Gasteiger partial charge is 0.248 e. The molecule has 20 heavy (non-hydrogen) atoms. The molecule has 2 rings (SSSR count). The molecule has 1 heterocycles. The van der Waals surface area contributed by atoms with E-state index in [1.807, 2.05) is 18.2 Å². The van der Waals surface area contributed by atoms with Crippen LogP contribution in [-0.2, 0) is 6.42 Å². The monoisotopic (exact) mass is 405 g/mol. The Morgan fingerprint density at radius 1 is 1.30 bits per heavy atom. The van der Waals surface area contributed by atoms with Gasteiger partial charge in [0.05, 0.1) is 5.56 Å². The molecule has 0 atom stereocenters. The summed E-state index contributed by atoms with van der Waals surface area (Å²) in [4.78, 5) is 0. The number of hydrogen-bond donors (Lipinski definition) is 1. The molecule has 1 N–H and O–H groups in total.